The lowest BCUT2D eigenvalue weighted by Gasteiger charge is -2.06. The Kier molecular flexibility index (Phi) is 1.97. The minimum absolute atomic E-state index is 0.0345. The summed E-state index contributed by atoms with van der Waals surface area (Å²) in [5.74, 6) is -2.52. The molecule has 0 saturated carbocycles. The first kappa shape index (κ1) is 8.48. The molecule has 1 aromatic rings. The van der Waals surface area contributed by atoms with Gasteiger partial charge in [0, 0.05) is 12.1 Å². The molecule has 0 fully saturated rings. The second kappa shape index (κ2) is 2.78. The highest BCUT2D eigenvalue weighted by Crippen LogP contribution is 2.43. The van der Waals surface area contributed by atoms with Gasteiger partial charge in [0.1, 0.15) is 0 Å². The van der Waals surface area contributed by atoms with Gasteiger partial charge in [0.25, 0.3) is 0 Å². The van der Waals surface area contributed by atoms with E-state index in [0.717, 1.165) is 6.07 Å². The summed E-state index contributed by atoms with van der Waals surface area (Å²) in [4.78, 5) is 0. The van der Waals surface area contributed by atoms with Gasteiger partial charge in [-0.05, 0) is 6.07 Å². The highest BCUT2D eigenvalue weighted by molar-refractivity contribution is 5.59. The minimum atomic E-state index is -0.754. The molecule has 0 aliphatic rings. The maximum absolute atomic E-state index is 9.10. The SMILES string of the molecule is NCc1cc(O)c(O)c(O)c1O. The summed E-state index contributed by atoms with van der Waals surface area (Å²) >= 11 is 0. The van der Waals surface area contributed by atoms with E-state index in [9.17, 15) is 0 Å². The average Bonchev–Trinajstić information content (AvgIpc) is 2.08. The van der Waals surface area contributed by atoms with Gasteiger partial charge < -0.3 is 26.2 Å². The van der Waals surface area contributed by atoms with Crippen molar-refractivity contribution in [2.75, 3.05) is 0 Å². The second-order valence-electron chi connectivity index (χ2n) is 2.30. The van der Waals surface area contributed by atoms with Gasteiger partial charge in [-0.15, -0.1) is 0 Å². The minimum Gasteiger partial charge on any atom is -0.504 e. The average molecular weight is 171 g/mol. The first-order valence-corrected chi connectivity index (χ1v) is 3.23. The lowest BCUT2D eigenvalue weighted by molar-refractivity contribution is 0.343. The molecule has 0 heterocycles. The highest BCUT2D eigenvalue weighted by atomic mass is 16.3. The van der Waals surface area contributed by atoms with Crippen molar-refractivity contribution in [2.45, 2.75) is 6.54 Å². The lowest BCUT2D eigenvalue weighted by Crippen LogP contribution is -1.96. The van der Waals surface area contributed by atoms with E-state index in [2.05, 4.69) is 0 Å². The van der Waals surface area contributed by atoms with E-state index in [0.29, 0.717) is 0 Å². The number of nitrogens with two attached hydrogens (primary N) is 1. The van der Waals surface area contributed by atoms with Crippen molar-refractivity contribution in [3.05, 3.63) is 11.6 Å². The van der Waals surface area contributed by atoms with Gasteiger partial charge in [-0.1, -0.05) is 0 Å². The molecular weight excluding hydrogens is 162 g/mol. The van der Waals surface area contributed by atoms with Gasteiger partial charge in [-0.2, -0.15) is 0 Å². The molecule has 0 atom stereocenters. The van der Waals surface area contributed by atoms with Crippen molar-refractivity contribution in [1.29, 1.82) is 0 Å². The van der Waals surface area contributed by atoms with E-state index >= 15 is 0 Å². The third kappa shape index (κ3) is 1.10. The molecule has 0 unspecified atom stereocenters. The van der Waals surface area contributed by atoms with Gasteiger partial charge >= 0.3 is 0 Å². The van der Waals surface area contributed by atoms with Gasteiger partial charge in [0.2, 0.25) is 11.5 Å². The fourth-order valence-corrected chi connectivity index (χ4v) is 0.843. The Hall–Kier alpha value is -1.62. The molecule has 1 rings (SSSR count). The summed E-state index contributed by atoms with van der Waals surface area (Å²) in [6.07, 6.45) is 0. The van der Waals surface area contributed by atoms with Crippen LogP contribution >= 0.6 is 0 Å². The first-order valence-electron chi connectivity index (χ1n) is 3.23. The molecule has 5 nitrogen and oxygen atoms in total. The smallest absolute Gasteiger partial charge is 0.204 e. The molecule has 0 aromatic heterocycles. The Bertz CT molecular complexity index is 311. The molecule has 12 heavy (non-hydrogen) atoms. The van der Waals surface area contributed by atoms with E-state index < -0.39 is 23.0 Å². The van der Waals surface area contributed by atoms with Crippen LogP contribution in [-0.4, -0.2) is 20.4 Å². The number of phenolic OH excluding ortho intramolecular Hbond substituents is 4. The van der Waals surface area contributed by atoms with Crippen molar-refractivity contribution < 1.29 is 20.4 Å². The summed E-state index contributed by atoms with van der Waals surface area (Å²) < 4.78 is 0. The molecule has 66 valence electrons. The zero-order valence-corrected chi connectivity index (χ0v) is 6.15. The number of benzene rings is 1. The van der Waals surface area contributed by atoms with E-state index in [4.69, 9.17) is 26.2 Å². The van der Waals surface area contributed by atoms with Gasteiger partial charge in [0.15, 0.2) is 11.5 Å². The second-order valence-corrected chi connectivity index (χ2v) is 2.30. The van der Waals surface area contributed by atoms with Crippen LogP contribution in [-0.2, 0) is 6.54 Å². The number of aromatic hydroxyl groups is 4. The largest absolute Gasteiger partial charge is 0.504 e. The summed E-state index contributed by atoms with van der Waals surface area (Å²) in [5.41, 5.74) is 5.34. The van der Waals surface area contributed by atoms with Crippen LogP contribution in [0.5, 0.6) is 23.0 Å². The first-order chi connectivity index (χ1) is 5.57. The Labute approximate surface area is 68.3 Å². The highest BCUT2D eigenvalue weighted by Gasteiger charge is 2.14. The summed E-state index contributed by atoms with van der Waals surface area (Å²) in [6, 6.07) is 1.09. The van der Waals surface area contributed by atoms with Crippen LogP contribution in [0, 0.1) is 0 Å². The van der Waals surface area contributed by atoms with E-state index in [-0.39, 0.29) is 12.1 Å². The maximum atomic E-state index is 9.10. The van der Waals surface area contributed by atoms with Crippen LogP contribution in [0.15, 0.2) is 6.07 Å². The van der Waals surface area contributed by atoms with Crippen molar-refractivity contribution in [1.82, 2.24) is 0 Å². The molecule has 0 aliphatic carbocycles. The van der Waals surface area contributed by atoms with E-state index in [1.807, 2.05) is 0 Å². The van der Waals surface area contributed by atoms with Crippen molar-refractivity contribution in [2.24, 2.45) is 5.73 Å². The predicted octanol–water partition coefficient (Wildman–Crippen LogP) is -0.0323. The standard InChI is InChI=1S/C7H9NO4/c8-2-3-1-4(9)6(11)7(12)5(3)10/h1,9-12H,2,8H2. The normalized spacial score (nSPS) is 10.1. The third-order valence-electron chi connectivity index (χ3n) is 1.53. The van der Waals surface area contributed by atoms with E-state index in [1.54, 1.807) is 0 Å². The fraction of sp³-hybridized carbons (Fsp3) is 0.143. The van der Waals surface area contributed by atoms with Crippen molar-refractivity contribution in [3.63, 3.8) is 0 Å². The number of phenols is 4. The Morgan fingerprint density at radius 1 is 1.00 bits per heavy atom. The molecule has 1 aromatic carbocycles. The monoisotopic (exact) mass is 171 g/mol. The molecule has 0 aliphatic heterocycles. The molecule has 0 radical (unpaired) electrons. The quantitative estimate of drug-likeness (QED) is 0.301. The topological polar surface area (TPSA) is 107 Å². The molecule has 0 spiro atoms. The van der Waals surface area contributed by atoms with Gasteiger partial charge in [0.05, 0.1) is 0 Å². The van der Waals surface area contributed by atoms with Gasteiger partial charge in [-0.3, -0.25) is 0 Å². The molecule has 0 saturated heterocycles. The maximum Gasteiger partial charge on any atom is 0.204 e. The van der Waals surface area contributed by atoms with Gasteiger partial charge in [-0.25, -0.2) is 0 Å². The van der Waals surface area contributed by atoms with Crippen molar-refractivity contribution >= 4 is 0 Å². The summed E-state index contributed by atoms with van der Waals surface area (Å²) in [6.45, 7) is -0.0345. The third-order valence-corrected chi connectivity index (χ3v) is 1.53. The summed E-state index contributed by atoms with van der Waals surface area (Å²) in [5, 5.41) is 36.0. The molecule has 6 N–H and O–H groups in total. The Morgan fingerprint density at radius 3 is 2.08 bits per heavy atom. The van der Waals surface area contributed by atoms with Crippen LogP contribution < -0.4 is 5.73 Å². The molecule has 0 bridgehead atoms. The van der Waals surface area contributed by atoms with Crippen molar-refractivity contribution in [3.8, 4) is 23.0 Å². The Morgan fingerprint density at radius 2 is 1.58 bits per heavy atom. The van der Waals surface area contributed by atoms with Crippen LogP contribution in [0.1, 0.15) is 5.56 Å². The number of hydrogen-bond acceptors (Lipinski definition) is 5. The number of rotatable bonds is 1. The van der Waals surface area contributed by atoms with Crippen LogP contribution in [0.4, 0.5) is 0 Å². The van der Waals surface area contributed by atoms with Crippen LogP contribution in [0.2, 0.25) is 0 Å². The molecule has 0 amide bonds. The zero-order chi connectivity index (χ0) is 9.30. The van der Waals surface area contributed by atoms with Crippen LogP contribution in [0.3, 0.4) is 0 Å². The van der Waals surface area contributed by atoms with E-state index in [1.165, 1.54) is 0 Å². The number of hydrogen-bond donors (Lipinski definition) is 5. The molecular formula is C7H9NO4. The summed E-state index contributed by atoms with van der Waals surface area (Å²) in [7, 11) is 0. The fourth-order valence-electron chi connectivity index (χ4n) is 0.843. The lowest BCUT2D eigenvalue weighted by atomic mass is 10.1. The molecule has 5 heteroatoms. The zero-order valence-electron chi connectivity index (χ0n) is 6.15. The van der Waals surface area contributed by atoms with Crippen LogP contribution in [0.25, 0.3) is 0 Å². The predicted molar refractivity (Wildman–Crippen MR) is 41.0 cm³/mol. The Balaban J connectivity index is 3.39.